The van der Waals surface area contributed by atoms with Gasteiger partial charge in [0.15, 0.2) is 6.61 Å². The highest BCUT2D eigenvalue weighted by Gasteiger charge is 2.39. The molecule has 2 amide bonds. The van der Waals surface area contributed by atoms with Crippen molar-refractivity contribution in [3.63, 3.8) is 0 Å². The summed E-state index contributed by atoms with van der Waals surface area (Å²) in [5, 5.41) is 5.10. The van der Waals surface area contributed by atoms with Gasteiger partial charge in [0.05, 0.1) is 12.0 Å². The fourth-order valence-corrected chi connectivity index (χ4v) is 4.70. The number of nitrogens with one attached hydrogen (secondary N) is 1. The highest BCUT2D eigenvalue weighted by Crippen LogP contribution is 2.30. The molecule has 0 radical (unpaired) electrons. The van der Waals surface area contributed by atoms with Crippen LogP contribution in [-0.4, -0.2) is 41.9 Å². The molecule has 1 saturated heterocycles. The summed E-state index contributed by atoms with van der Waals surface area (Å²) in [5.41, 5.74) is 1.02. The molecule has 1 saturated carbocycles. The number of fused-ring (bicyclic) bond motifs is 1. The standard InChI is InChI=1S/C24H28N2O4/c1-16(20-12-6-8-17-7-2-5-11-21(17)20)25-22(27)15-30-24(29)18-13-23(28)26(14-18)19-9-3-4-10-19/h2,5-8,11-12,16,18-19H,3-4,9-10,13-15H2,1H3,(H,25,27)/t16-,18-/m1/s1. The Kier molecular flexibility index (Phi) is 6.02. The van der Waals surface area contributed by atoms with Gasteiger partial charge in [0.25, 0.3) is 5.91 Å². The highest BCUT2D eigenvalue weighted by atomic mass is 16.5. The van der Waals surface area contributed by atoms with Crippen LogP contribution in [0, 0.1) is 5.92 Å². The molecule has 2 fully saturated rings. The van der Waals surface area contributed by atoms with Crippen LogP contribution in [0.2, 0.25) is 0 Å². The van der Waals surface area contributed by atoms with Gasteiger partial charge in [-0.1, -0.05) is 55.3 Å². The van der Waals surface area contributed by atoms with Crippen molar-refractivity contribution in [2.75, 3.05) is 13.2 Å². The number of ether oxygens (including phenoxy) is 1. The Morgan fingerprint density at radius 2 is 1.87 bits per heavy atom. The Morgan fingerprint density at radius 3 is 2.67 bits per heavy atom. The predicted octanol–water partition coefficient (Wildman–Crippen LogP) is 3.35. The van der Waals surface area contributed by atoms with Gasteiger partial charge in [-0.05, 0) is 36.1 Å². The first-order valence-electron chi connectivity index (χ1n) is 10.8. The van der Waals surface area contributed by atoms with E-state index in [0.717, 1.165) is 42.0 Å². The fraction of sp³-hybridized carbons (Fsp3) is 0.458. The average molecular weight is 408 g/mol. The van der Waals surface area contributed by atoms with Crippen LogP contribution in [0.1, 0.15) is 50.6 Å². The summed E-state index contributed by atoms with van der Waals surface area (Å²) >= 11 is 0. The SMILES string of the molecule is C[C@@H](NC(=O)COC(=O)[C@@H]1CC(=O)N(C2CCCC2)C1)c1cccc2ccccc12. The Hall–Kier alpha value is -2.89. The molecule has 0 spiro atoms. The lowest BCUT2D eigenvalue weighted by molar-refractivity contribution is -0.152. The van der Waals surface area contributed by atoms with Crippen molar-refractivity contribution in [2.24, 2.45) is 5.92 Å². The van der Waals surface area contributed by atoms with Crippen molar-refractivity contribution in [1.29, 1.82) is 0 Å². The molecule has 158 valence electrons. The van der Waals surface area contributed by atoms with Crippen LogP contribution in [0.15, 0.2) is 42.5 Å². The molecule has 2 aromatic rings. The zero-order chi connectivity index (χ0) is 21.1. The first-order valence-corrected chi connectivity index (χ1v) is 10.8. The number of hydrogen-bond acceptors (Lipinski definition) is 4. The van der Waals surface area contributed by atoms with Crippen molar-refractivity contribution < 1.29 is 19.1 Å². The number of esters is 1. The molecule has 6 heteroatoms. The minimum Gasteiger partial charge on any atom is -0.455 e. The quantitative estimate of drug-likeness (QED) is 0.744. The number of benzene rings is 2. The zero-order valence-electron chi connectivity index (χ0n) is 17.3. The minimum atomic E-state index is -0.471. The minimum absolute atomic E-state index is 0.0258. The van der Waals surface area contributed by atoms with Crippen molar-refractivity contribution in [1.82, 2.24) is 10.2 Å². The number of likely N-dealkylation sites (tertiary alicyclic amines) is 1. The van der Waals surface area contributed by atoms with E-state index in [2.05, 4.69) is 5.32 Å². The largest absolute Gasteiger partial charge is 0.455 e. The molecule has 1 heterocycles. The van der Waals surface area contributed by atoms with Gasteiger partial charge in [-0.3, -0.25) is 14.4 Å². The van der Waals surface area contributed by atoms with Gasteiger partial charge in [-0.25, -0.2) is 0 Å². The second-order valence-electron chi connectivity index (χ2n) is 8.35. The third kappa shape index (κ3) is 4.32. The lowest BCUT2D eigenvalue weighted by atomic mass is 10.00. The topological polar surface area (TPSA) is 75.7 Å². The maximum atomic E-state index is 12.4. The summed E-state index contributed by atoms with van der Waals surface area (Å²) in [6.45, 7) is 2.00. The van der Waals surface area contributed by atoms with E-state index in [9.17, 15) is 14.4 Å². The average Bonchev–Trinajstić information content (AvgIpc) is 3.41. The summed E-state index contributed by atoms with van der Waals surface area (Å²) in [6.07, 6.45) is 4.49. The lowest BCUT2D eigenvalue weighted by Crippen LogP contribution is -2.35. The predicted molar refractivity (Wildman–Crippen MR) is 114 cm³/mol. The fourth-order valence-electron chi connectivity index (χ4n) is 4.70. The first-order chi connectivity index (χ1) is 14.5. The number of nitrogens with zero attached hydrogens (tertiary/aromatic N) is 1. The maximum absolute atomic E-state index is 12.4. The summed E-state index contributed by atoms with van der Waals surface area (Å²) in [7, 11) is 0. The smallest absolute Gasteiger partial charge is 0.311 e. The second kappa shape index (κ2) is 8.86. The van der Waals surface area contributed by atoms with Crippen molar-refractivity contribution in [2.45, 2.75) is 51.1 Å². The Bertz CT molecular complexity index is 946. The van der Waals surface area contributed by atoms with Crippen LogP contribution in [0.5, 0.6) is 0 Å². The Labute approximate surface area is 176 Å². The number of amides is 2. The molecule has 4 rings (SSSR count). The molecular weight excluding hydrogens is 380 g/mol. The monoisotopic (exact) mass is 408 g/mol. The van der Waals surface area contributed by atoms with E-state index in [-0.39, 0.29) is 36.9 Å². The molecule has 1 aliphatic carbocycles. The van der Waals surface area contributed by atoms with Gasteiger partial charge in [0, 0.05) is 19.0 Å². The molecule has 2 atom stereocenters. The molecule has 0 unspecified atom stereocenters. The number of hydrogen-bond donors (Lipinski definition) is 1. The van der Waals surface area contributed by atoms with Gasteiger partial charge in [0.1, 0.15) is 0 Å². The van der Waals surface area contributed by atoms with Gasteiger partial charge >= 0.3 is 5.97 Å². The summed E-state index contributed by atoms with van der Waals surface area (Å²) < 4.78 is 5.24. The van der Waals surface area contributed by atoms with E-state index in [1.807, 2.05) is 54.3 Å². The van der Waals surface area contributed by atoms with E-state index in [0.29, 0.717) is 6.54 Å². The molecule has 0 aromatic heterocycles. The zero-order valence-corrected chi connectivity index (χ0v) is 17.3. The molecular formula is C24H28N2O4. The Morgan fingerprint density at radius 1 is 1.13 bits per heavy atom. The van der Waals surface area contributed by atoms with E-state index in [4.69, 9.17) is 4.74 Å². The van der Waals surface area contributed by atoms with Gasteiger partial charge in [0.2, 0.25) is 5.91 Å². The molecule has 30 heavy (non-hydrogen) atoms. The molecule has 1 aliphatic heterocycles. The first kappa shape index (κ1) is 20.4. The van der Waals surface area contributed by atoms with Crippen LogP contribution in [-0.2, 0) is 19.1 Å². The van der Waals surface area contributed by atoms with E-state index in [1.165, 1.54) is 0 Å². The molecule has 1 N–H and O–H groups in total. The van der Waals surface area contributed by atoms with Crippen LogP contribution >= 0.6 is 0 Å². The highest BCUT2D eigenvalue weighted by molar-refractivity contribution is 5.89. The maximum Gasteiger partial charge on any atom is 0.311 e. The van der Waals surface area contributed by atoms with Crippen LogP contribution < -0.4 is 5.32 Å². The normalized spacial score (nSPS) is 20.5. The van der Waals surface area contributed by atoms with Gasteiger partial charge in [-0.15, -0.1) is 0 Å². The number of rotatable bonds is 6. The summed E-state index contributed by atoms with van der Waals surface area (Å²) in [4.78, 5) is 38.9. The van der Waals surface area contributed by atoms with E-state index >= 15 is 0 Å². The second-order valence-corrected chi connectivity index (χ2v) is 8.35. The number of carbonyl (C=O) groups is 3. The van der Waals surface area contributed by atoms with Crippen molar-refractivity contribution >= 4 is 28.6 Å². The van der Waals surface area contributed by atoms with Crippen LogP contribution in [0.4, 0.5) is 0 Å². The van der Waals surface area contributed by atoms with Gasteiger partial charge in [-0.2, -0.15) is 0 Å². The van der Waals surface area contributed by atoms with E-state index in [1.54, 1.807) is 0 Å². The summed E-state index contributed by atoms with van der Waals surface area (Å²) in [5.74, 6) is -1.25. The molecule has 0 bridgehead atoms. The van der Waals surface area contributed by atoms with Crippen LogP contribution in [0.25, 0.3) is 10.8 Å². The van der Waals surface area contributed by atoms with Gasteiger partial charge < -0.3 is 15.0 Å². The third-order valence-electron chi connectivity index (χ3n) is 6.27. The third-order valence-corrected chi connectivity index (χ3v) is 6.27. The molecule has 2 aromatic carbocycles. The molecule has 6 nitrogen and oxygen atoms in total. The van der Waals surface area contributed by atoms with Crippen LogP contribution in [0.3, 0.4) is 0 Å². The van der Waals surface area contributed by atoms with Crippen molar-refractivity contribution in [3.8, 4) is 0 Å². The molecule has 2 aliphatic rings. The number of carbonyl (C=O) groups excluding carboxylic acids is 3. The summed E-state index contributed by atoms with van der Waals surface area (Å²) in [6, 6.07) is 14.1. The Balaban J connectivity index is 1.29. The van der Waals surface area contributed by atoms with E-state index < -0.39 is 11.9 Å². The van der Waals surface area contributed by atoms with Crippen molar-refractivity contribution in [3.05, 3.63) is 48.0 Å². The lowest BCUT2D eigenvalue weighted by Gasteiger charge is -2.23.